The lowest BCUT2D eigenvalue weighted by atomic mass is 9.92. The molecule has 0 aromatic carbocycles. The van der Waals surface area contributed by atoms with Gasteiger partial charge < -0.3 is 4.90 Å². The zero-order chi connectivity index (χ0) is 10.8. The molecule has 1 saturated heterocycles. The molecule has 0 bridgehead atoms. The summed E-state index contributed by atoms with van der Waals surface area (Å²) in [6.07, 6.45) is 3.00. The second kappa shape index (κ2) is 4.04. The van der Waals surface area contributed by atoms with Crippen molar-refractivity contribution in [2.24, 2.45) is 11.8 Å². The molecule has 1 aromatic heterocycles. The standard InChI is InChI=1S/C11H17N3O/c1-8-3-9(2)7-14(6-8)10-4-11(15)13-12-5-10/h4-5,8-9H,3,6-7H2,1-2H3,(H,13,15). The van der Waals surface area contributed by atoms with Crippen molar-refractivity contribution in [1.82, 2.24) is 10.2 Å². The van der Waals surface area contributed by atoms with Gasteiger partial charge in [0.15, 0.2) is 0 Å². The number of aromatic nitrogens is 2. The van der Waals surface area contributed by atoms with Crippen LogP contribution >= 0.6 is 0 Å². The van der Waals surface area contributed by atoms with Crippen LogP contribution in [0.1, 0.15) is 20.3 Å². The number of aromatic amines is 1. The Kier molecular flexibility index (Phi) is 2.75. The monoisotopic (exact) mass is 207 g/mol. The predicted molar refractivity (Wildman–Crippen MR) is 60.0 cm³/mol. The minimum absolute atomic E-state index is 0.127. The fraction of sp³-hybridized carbons (Fsp3) is 0.636. The van der Waals surface area contributed by atoms with E-state index in [1.165, 1.54) is 6.42 Å². The number of H-pyrrole nitrogens is 1. The first-order valence-electron chi connectivity index (χ1n) is 5.45. The van der Waals surface area contributed by atoms with Gasteiger partial charge in [-0.25, -0.2) is 5.10 Å². The molecule has 82 valence electrons. The van der Waals surface area contributed by atoms with Crippen LogP contribution in [0.4, 0.5) is 5.69 Å². The first kappa shape index (κ1) is 10.2. The summed E-state index contributed by atoms with van der Waals surface area (Å²) in [4.78, 5) is 13.4. The van der Waals surface area contributed by atoms with Crippen LogP contribution in [-0.2, 0) is 0 Å². The molecule has 2 unspecified atom stereocenters. The third kappa shape index (κ3) is 2.37. The Hall–Kier alpha value is -1.32. The van der Waals surface area contributed by atoms with Gasteiger partial charge in [-0.1, -0.05) is 13.8 Å². The van der Waals surface area contributed by atoms with Crippen LogP contribution in [0.2, 0.25) is 0 Å². The van der Waals surface area contributed by atoms with E-state index < -0.39 is 0 Å². The molecule has 1 aromatic rings. The van der Waals surface area contributed by atoms with Crippen LogP contribution in [-0.4, -0.2) is 23.3 Å². The number of nitrogens with one attached hydrogen (secondary N) is 1. The normalized spacial score (nSPS) is 26.7. The number of piperidine rings is 1. The Balaban J connectivity index is 2.19. The van der Waals surface area contributed by atoms with E-state index in [4.69, 9.17) is 0 Å². The van der Waals surface area contributed by atoms with Crippen LogP contribution in [0.15, 0.2) is 17.1 Å². The minimum Gasteiger partial charge on any atom is -0.370 e. The molecule has 0 saturated carbocycles. The molecule has 4 heteroatoms. The summed E-state index contributed by atoms with van der Waals surface area (Å²) in [7, 11) is 0. The quantitative estimate of drug-likeness (QED) is 0.754. The second-order valence-electron chi connectivity index (χ2n) is 4.65. The SMILES string of the molecule is CC1CC(C)CN(c2cn[nH]c(=O)c2)C1. The summed E-state index contributed by atoms with van der Waals surface area (Å²) >= 11 is 0. The predicted octanol–water partition coefficient (Wildman–Crippen LogP) is 1.25. The largest absolute Gasteiger partial charge is 0.370 e. The minimum atomic E-state index is -0.127. The van der Waals surface area contributed by atoms with Gasteiger partial charge in [-0.2, -0.15) is 5.10 Å². The van der Waals surface area contributed by atoms with Gasteiger partial charge in [-0.3, -0.25) is 4.79 Å². The topological polar surface area (TPSA) is 49.0 Å². The number of nitrogens with zero attached hydrogens (tertiary/aromatic N) is 2. The highest BCUT2D eigenvalue weighted by atomic mass is 16.1. The fourth-order valence-electron chi connectivity index (χ4n) is 2.41. The van der Waals surface area contributed by atoms with Crippen LogP contribution in [0.5, 0.6) is 0 Å². The summed E-state index contributed by atoms with van der Waals surface area (Å²) in [5.74, 6) is 1.38. The van der Waals surface area contributed by atoms with E-state index >= 15 is 0 Å². The number of hydrogen-bond donors (Lipinski definition) is 1. The van der Waals surface area contributed by atoms with Crippen LogP contribution in [0.3, 0.4) is 0 Å². The molecule has 0 spiro atoms. The van der Waals surface area contributed by atoms with Crippen LogP contribution < -0.4 is 10.5 Å². The summed E-state index contributed by atoms with van der Waals surface area (Å²) < 4.78 is 0. The van der Waals surface area contributed by atoms with Crippen molar-refractivity contribution < 1.29 is 0 Å². The van der Waals surface area contributed by atoms with Crippen molar-refractivity contribution in [3.8, 4) is 0 Å². The molecule has 15 heavy (non-hydrogen) atoms. The maximum atomic E-state index is 11.2. The lowest BCUT2D eigenvalue weighted by Gasteiger charge is -2.36. The van der Waals surface area contributed by atoms with Gasteiger partial charge in [0.25, 0.3) is 5.56 Å². The van der Waals surface area contributed by atoms with E-state index in [9.17, 15) is 4.79 Å². The van der Waals surface area contributed by atoms with Crippen molar-refractivity contribution in [3.63, 3.8) is 0 Å². The zero-order valence-electron chi connectivity index (χ0n) is 9.23. The van der Waals surface area contributed by atoms with E-state index in [1.807, 2.05) is 0 Å². The molecular weight excluding hydrogens is 190 g/mol. The highest BCUT2D eigenvalue weighted by Gasteiger charge is 2.22. The zero-order valence-corrected chi connectivity index (χ0v) is 9.23. The maximum absolute atomic E-state index is 11.2. The Labute approximate surface area is 89.3 Å². The molecule has 1 aliphatic heterocycles. The van der Waals surface area contributed by atoms with Gasteiger partial charge in [0.1, 0.15) is 0 Å². The molecule has 2 atom stereocenters. The van der Waals surface area contributed by atoms with E-state index in [2.05, 4.69) is 28.9 Å². The van der Waals surface area contributed by atoms with Crippen molar-refractivity contribution in [1.29, 1.82) is 0 Å². The van der Waals surface area contributed by atoms with Gasteiger partial charge >= 0.3 is 0 Å². The van der Waals surface area contributed by atoms with Gasteiger partial charge in [-0.05, 0) is 18.3 Å². The Morgan fingerprint density at radius 2 is 2.07 bits per heavy atom. The molecule has 1 N–H and O–H groups in total. The second-order valence-corrected chi connectivity index (χ2v) is 4.65. The van der Waals surface area contributed by atoms with Crippen LogP contribution in [0.25, 0.3) is 0 Å². The Bertz CT molecular complexity index is 377. The van der Waals surface area contributed by atoms with Crippen molar-refractivity contribution in [2.75, 3.05) is 18.0 Å². The number of rotatable bonds is 1. The third-order valence-corrected chi connectivity index (χ3v) is 2.88. The molecule has 2 heterocycles. The molecule has 1 aliphatic rings. The average Bonchev–Trinajstić information content (AvgIpc) is 2.16. The average molecular weight is 207 g/mol. The van der Waals surface area contributed by atoms with Gasteiger partial charge in [0, 0.05) is 19.2 Å². The first-order valence-corrected chi connectivity index (χ1v) is 5.45. The highest BCUT2D eigenvalue weighted by molar-refractivity contribution is 5.43. The smallest absolute Gasteiger partial charge is 0.266 e. The lowest BCUT2D eigenvalue weighted by molar-refractivity contribution is 0.356. The van der Waals surface area contributed by atoms with E-state index in [-0.39, 0.29) is 5.56 Å². The first-order chi connectivity index (χ1) is 7.15. The highest BCUT2D eigenvalue weighted by Crippen LogP contribution is 2.24. The molecule has 2 rings (SSSR count). The molecular formula is C11H17N3O. The molecule has 0 aliphatic carbocycles. The summed E-state index contributed by atoms with van der Waals surface area (Å²) in [6.45, 7) is 6.55. The molecule has 0 radical (unpaired) electrons. The Morgan fingerprint density at radius 3 is 2.67 bits per heavy atom. The van der Waals surface area contributed by atoms with Crippen molar-refractivity contribution in [2.45, 2.75) is 20.3 Å². The number of anilines is 1. The molecule has 1 fully saturated rings. The Morgan fingerprint density at radius 1 is 1.40 bits per heavy atom. The van der Waals surface area contributed by atoms with E-state index in [0.717, 1.165) is 18.8 Å². The number of hydrogen-bond acceptors (Lipinski definition) is 3. The van der Waals surface area contributed by atoms with Crippen molar-refractivity contribution in [3.05, 3.63) is 22.6 Å². The van der Waals surface area contributed by atoms with E-state index in [1.54, 1.807) is 12.3 Å². The van der Waals surface area contributed by atoms with Gasteiger partial charge in [0.2, 0.25) is 0 Å². The van der Waals surface area contributed by atoms with E-state index in [0.29, 0.717) is 11.8 Å². The molecule has 4 nitrogen and oxygen atoms in total. The lowest BCUT2D eigenvalue weighted by Crippen LogP contribution is -2.39. The third-order valence-electron chi connectivity index (χ3n) is 2.88. The maximum Gasteiger partial charge on any atom is 0.266 e. The van der Waals surface area contributed by atoms with Crippen molar-refractivity contribution >= 4 is 5.69 Å². The summed E-state index contributed by atoms with van der Waals surface area (Å²) in [5.41, 5.74) is 0.815. The fourth-order valence-corrected chi connectivity index (χ4v) is 2.41. The van der Waals surface area contributed by atoms with Gasteiger partial charge in [-0.15, -0.1) is 0 Å². The van der Waals surface area contributed by atoms with Gasteiger partial charge in [0.05, 0.1) is 11.9 Å². The summed E-state index contributed by atoms with van der Waals surface area (Å²) in [6, 6.07) is 1.62. The molecule has 0 amide bonds. The summed E-state index contributed by atoms with van der Waals surface area (Å²) in [5, 5.41) is 6.23. The van der Waals surface area contributed by atoms with Crippen LogP contribution in [0, 0.1) is 11.8 Å².